The maximum absolute atomic E-state index is 12.4. The average molecular weight is 319 g/mol. The van der Waals surface area contributed by atoms with Gasteiger partial charge in [-0.15, -0.1) is 11.3 Å². The molecule has 1 saturated heterocycles. The molecule has 1 aromatic rings. The summed E-state index contributed by atoms with van der Waals surface area (Å²) in [4.78, 5) is 11.6. The number of hydrogen-bond acceptors (Lipinski definition) is 6. The number of aliphatic hydroxyl groups is 1. The van der Waals surface area contributed by atoms with Crippen molar-refractivity contribution < 1.29 is 23.1 Å². The van der Waals surface area contributed by atoms with Crippen LogP contribution in [0.2, 0.25) is 0 Å². The second kappa shape index (κ2) is 5.10. The van der Waals surface area contributed by atoms with E-state index in [2.05, 4.69) is 4.74 Å². The number of carbonyl (C=O) groups excluding carboxylic acids is 1. The summed E-state index contributed by atoms with van der Waals surface area (Å²) in [7, 11) is -2.56. The van der Waals surface area contributed by atoms with Crippen molar-refractivity contribution in [2.24, 2.45) is 5.92 Å². The Morgan fingerprint density at radius 2 is 2.10 bits per heavy atom. The third-order valence-electron chi connectivity index (χ3n) is 3.59. The first-order valence-corrected chi connectivity index (χ1v) is 8.42. The molecule has 20 heavy (non-hydrogen) atoms. The molecule has 1 N–H and O–H groups in total. The Morgan fingerprint density at radius 1 is 1.50 bits per heavy atom. The van der Waals surface area contributed by atoms with Crippen molar-refractivity contribution in [3.63, 3.8) is 0 Å². The van der Waals surface area contributed by atoms with Gasteiger partial charge in [-0.25, -0.2) is 13.2 Å². The Hall–Kier alpha value is -0.960. The van der Waals surface area contributed by atoms with E-state index in [1.165, 1.54) is 22.9 Å². The van der Waals surface area contributed by atoms with Gasteiger partial charge in [0.15, 0.2) is 0 Å². The molecule has 1 aromatic heterocycles. The van der Waals surface area contributed by atoms with E-state index in [9.17, 15) is 18.3 Å². The van der Waals surface area contributed by atoms with Crippen LogP contribution in [0.3, 0.4) is 0 Å². The highest BCUT2D eigenvalue weighted by Gasteiger charge is 2.49. The molecular formula is C12H17NO5S2. The topological polar surface area (TPSA) is 83.9 Å². The van der Waals surface area contributed by atoms with Crippen molar-refractivity contribution in [2.75, 3.05) is 20.2 Å². The maximum atomic E-state index is 12.4. The molecule has 0 radical (unpaired) electrons. The predicted molar refractivity (Wildman–Crippen MR) is 74.2 cm³/mol. The van der Waals surface area contributed by atoms with E-state index in [1.54, 1.807) is 0 Å². The summed E-state index contributed by atoms with van der Waals surface area (Å²) >= 11 is 1.02. The lowest BCUT2D eigenvalue weighted by Gasteiger charge is -2.47. The maximum Gasteiger partial charge on any atom is 0.349 e. The van der Waals surface area contributed by atoms with Crippen molar-refractivity contribution in [3.8, 4) is 0 Å². The quantitative estimate of drug-likeness (QED) is 0.835. The van der Waals surface area contributed by atoms with Crippen LogP contribution >= 0.6 is 11.3 Å². The molecular weight excluding hydrogens is 302 g/mol. The first-order chi connectivity index (χ1) is 9.22. The molecule has 8 heteroatoms. The smallest absolute Gasteiger partial charge is 0.349 e. The van der Waals surface area contributed by atoms with Gasteiger partial charge in [0, 0.05) is 13.1 Å². The molecule has 0 atom stereocenters. The summed E-state index contributed by atoms with van der Waals surface area (Å²) in [6.45, 7) is 3.77. The number of thiophene rings is 1. The minimum Gasteiger partial charge on any atom is -0.465 e. The molecule has 2 rings (SSSR count). The molecule has 112 valence electrons. The number of hydrogen-bond donors (Lipinski definition) is 1. The fourth-order valence-electron chi connectivity index (χ4n) is 1.98. The Labute approximate surface area is 122 Å². The summed E-state index contributed by atoms with van der Waals surface area (Å²) in [5, 5.41) is 11.7. The fourth-order valence-corrected chi connectivity index (χ4v) is 4.85. The summed E-state index contributed by atoms with van der Waals surface area (Å²) in [6.07, 6.45) is 0. The van der Waals surface area contributed by atoms with Crippen LogP contribution in [0.15, 0.2) is 16.3 Å². The molecule has 0 amide bonds. The van der Waals surface area contributed by atoms with Crippen molar-refractivity contribution in [2.45, 2.75) is 24.3 Å². The van der Waals surface area contributed by atoms with Gasteiger partial charge in [0.05, 0.1) is 12.7 Å². The first kappa shape index (κ1) is 15.4. The van der Waals surface area contributed by atoms with E-state index in [0.717, 1.165) is 11.3 Å². The highest BCUT2D eigenvalue weighted by atomic mass is 32.2. The SMILES string of the molecule is COC(=O)c1sccc1S(=O)(=O)N1CC(O)(C(C)C)C1. The standard InChI is InChI=1S/C12H17NO5S2/c1-8(2)12(15)6-13(7-12)20(16,17)9-4-5-19-10(9)11(14)18-3/h4-5,8,15H,6-7H2,1-3H3. The van der Waals surface area contributed by atoms with Crippen molar-refractivity contribution in [3.05, 3.63) is 16.3 Å². The number of ether oxygens (including phenoxy) is 1. The summed E-state index contributed by atoms with van der Waals surface area (Å²) in [5.41, 5.74) is -0.992. The minimum absolute atomic E-state index is 0.0310. The van der Waals surface area contributed by atoms with E-state index in [4.69, 9.17) is 0 Å². The average Bonchev–Trinajstić information content (AvgIpc) is 2.83. The van der Waals surface area contributed by atoms with Gasteiger partial charge in [0.1, 0.15) is 9.77 Å². The van der Waals surface area contributed by atoms with Gasteiger partial charge in [-0.1, -0.05) is 13.8 Å². The predicted octanol–water partition coefficient (Wildman–Crippen LogP) is 0.926. The molecule has 0 unspecified atom stereocenters. The van der Waals surface area contributed by atoms with Crippen LogP contribution in [0.4, 0.5) is 0 Å². The largest absolute Gasteiger partial charge is 0.465 e. The highest BCUT2D eigenvalue weighted by Crippen LogP contribution is 2.35. The van der Waals surface area contributed by atoms with E-state index in [0.29, 0.717) is 0 Å². The Bertz CT molecular complexity index is 614. The van der Waals surface area contributed by atoms with Crippen molar-refractivity contribution in [1.29, 1.82) is 0 Å². The van der Waals surface area contributed by atoms with Crippen molar-refractivity contribution in [1.82, 2.24) is 4.31 Å². The Morgan fingerprint density at radius 3 is 2.60 bits per heavy atom. The van der Waals surface area contributed by atoms with Crippen LogP contribution in [-0.2, 0) is 14.8 Å². The summed E-state index contributed by atoms with van der Waals surface area (Å²) < 4.78 is 30.6. The lowest BCUT2D eigenvalue weighted by Crippen LogP contribution is -2.65. The number of β-amino-alcohol motifs (C(OH)–C–C–N with tert-alkyl or cyclic N) is 1. The highest BCUT2D eigenvalue weighted by molar-refractivity contribution is 7.89. The zero-order valence-corrected chi connectivity index (χ0v) is 13.1. The fraction of sp³-hybridized carbons (Fsp3) is 0.583. The molecule has 0 saturated carbocycles. The number of nitrogens with zero attached hydrogens (tertiary/aromatic N) is 1. The number of rotatable bonds is 4. The van der Waals surface area contributed by atoms with Gasteiger partial charge in [-0.3, -0.25) is 0 Å². The monoisotopic (exact) mass is 319 g/mol. The Kier molecular flexibility index (Phi) is 3.94. The van der Waals surface area contributed by atoms with Crippen LogP contribution in [0, 0.1) is 5.92 Å². The molecule has 0 spiro atoms. The van der Waals surface area contributed by atoms with Gasteiger partial charge in [0.25, 0.3) is 0 Å². The number of methoxy groups -OCH3 is 1. The van der Waals surface area contributed by atoms with E-state index in [1.807, 2.05) is 13.8 Å². The van der Waals surface area contributed by atoms with Crippen molar-refractivity contribution >= 4 is 27.3 Å². The minimum atomic E-state index is -3.77. The van der Waals surface area contributed by atoms with Gasteiger partial charge in [-0.2, -0.15) is 4.31 Å². The normalized spacial score (nSPS) is 18.9. The lowest BCUT2D eigenvalue weighted by atomic mass is 9.85. The second-order valence-corrected chi connectivity index (χ2v) is 7.96. The molecule has 6 nitrogen and oxygen atoms in total. The molecule has 0 bridgehead atoms. The zero-order valence-electron chi connectivity index (χ0n) is 11.5. The molecule has 0 aromatic carbocycles. The van der Waals surface area contributed by atoms with Gasteiger partial charge in [-0.05, 0) is 17.4 Å². The molecule has 1 aliphatic rings. The number of sulfonamides is 1. The van der Waals surface area contributed by atoms with Crippen LogP contribution in [-0.4, -0.2) is 49.6 Å². The van der Waals surface area contributed by atoms with Crippen LogP contribution in [0.5, 0.6) is 0 Å². The molecule has 2 heterocycles. The summed E-state index contributed by atoms with van der Waals surface area (Å²) in [5.74, 6) is -0.699. The molecule has 1 aliphatic heterocycles. The van der Waals surface area contributed by atoms with Crippen LogP contribution < -0.4 is 0 Å². The van der Waals surface area contributed by atoms with Gasteiger partial charge >= 0.3 is 5.97 Å². The lowest BCUT2D eigenvalue weighted by molar-refractivity contribution is -0.0932. The second-order valence-electron chi connectivity index (χ2n) is 5.14. The third kappa shape index (κ3) is 2.37. The van der Waals surface area contributed by atoms with E-state index >= 15 is 0 Å². The van der Waals surface area contributed by atoms with E-state index < -0.39 is 21.6 Å². The number of esters is 1. The van der Waals surface area contributed by atoms with E-state index in [-0.39, 0.29) is 28.8 Å². The van der Waals surface area contributed by atoms with Gasteiger partial charge < -0.3 is 9.84 Å². The molecule has 1 fully saturated rings. The summed E-state index contributed by atoms with van der Waals surface area (Å²) in [6, 6.07) is 1.39. The Balaban J connectivity index is 2.26. The molecule has 0 aliphatic carbocycles. The number of carbonyl (C=O) groups is 1. The zero-order chi connectivity index (χ0) is 15.1. The van der Waals surface area contributed by atoms with Crippen LogP contribution in [0.25, 0.3) is 0 Å². The third-order valence-corrected chi connectivity index (χ3v) is 6.45. The first-order valence-electron chi connectivity index (χ1n) is 6.10. The van der Waals surface area contributed by atoms with Gasteiger partial charge in [0.2, 0.25) is 10.0 Å². The van der Waals surface area contributed by atoms with Crippen LogP contribution in [0.1, 0.15) is 23.5 Å².